The largest absolute Gasteiger partial charge is 0.115 e. The molecule has 0 N–H and O–H groups in total. The zero-order valence-corrected chi connectivity index (χ0v) is 17.5. The van der Waals surface area contributed by atoms with Gasteiger partial charge in [-0.3, -0.25) is 0 Å². The molecule has 142 valence electrons. The van der Waals surface area contributed by atoms with E-state index in [1.54, 1.807) is 0 Å². The molecule has 0 heteroatoms. The van der Waals surface area contributed by atoms with E-state index in [9.17, 15) is 0 Å². The molecular formula is C26H38. The molecule has 26 heavy (non-hydrogen) atoms. The summed E-state index contributed by atoms with van der Waals surface area (Å²) < 4.78 is 0. The van der Waals surface area contributed by atoms with E-state index >= 15 is 0 Å². The maximum atomic E-state index is 5.87. The normalized spacial score (nSPS) is 13.0. The summed E-state index contributed by atoms with van der Waals surface area (Å²) in [6.45, 7) is 9.08. The fraction of sp³-hybridized carbons (Fsp3) is 0.615. The Balaban J connectivity index is 3.06. The summed E-state index contributed by atoms with van der Waals surface area (Å²) in [6, 6.07) is 4.43. The lowest BCUT2D eigenvalue weighted by Gasteiger charge is -2.19. The van der Waals surface area contributed by atoms with E-state index < -0.39 is 0 Å². The molecule has 2 unspecified atom stereocenters. The Hall–Kier alpha value is -1.66. The van der Waals surface area contributed by atoms with Gasteiger partial charge in [-0.15, -0.1) is 12.8 Å². The van der Waals surface area contributed by atoms with E-state index in [2.05, 4.69) is 51.7 Å². The molecule has 0 heterocycles. The molecule has 0 radical (unpaired) electrons. The molecule has 1 rings (SSSR count). The van der Waals surface area contributed by atoms with Crippen molar-refractivity contribution in [3.63, 3.8) is 0 Å². The van der Waals surface area contributed by atoms with Crippen molar-refractivity contribution in [2.24, 2.45) is 11.8 Å². The molecule has 0 amide bonds. The lowest BCUT2D eigenvalue weighted by atomic mass is 9.85. The maximum Gasteiger partial charge on any atom is 0.0278 e. The van der Waals surface area contributed by atoms with Crippen LogP contribution in [0.25, 0.3) is 0 Å². The van der Waals surface area contributed by atoms with Gasteiger partial charge in [0, 0.05) is 11.1 Å². The van der Waals surface area contributed by atoms with Gasteiger partial charge in [0.05, 0.1) is 0 Å². The number of hydrogen-bond acceptors (Lipinski definition) is 0. The van der Waals surface area contributed by atoms with Crippen molar-refractivity contribution in [2.75, 3.05) is 0 Å². The summed E-state index contributed by atoms with van der Waals surface area (Å²) in [5.74, 6) is 7.28. The molecule has 2 atom stereocenters. The van der Waals surface area contributed by atoms with Gasteiger partial charge in [0.1, 0.15) is 0 Å². The fourth-order valence-corrected chi connectivity index (χ4v) is 3.80. The number of hydrogen-bond donors (Lipinski definition) is 0. The van der Waals surface area contributed by atoms with Gasteiger partial charge in [-0.05, 0) is 47.9 Å². The Labute approximate surface area is 163 Å². The van der Waals surface area contributed by atoms with Gasteiger partial charge in [0.2, 0.25) is 0 Å². The average Bonchev–Trinajstić information content (AvgIpc) is 2.68. The lowest BCUT2D eigenvalue weighted by Crippen LogP contribution is -2.09. The first kappa shape index (κ1) is 22.4. The number of unbranched alkanes of at least 4 members (excludes halogenated alkanes) is 2. The summed E-state index contributed by atoms with van der Waals surface area (Å²) in [4.78, 5) is 0. The molecule has 0 saturated carbocycles. The number of benzene rings is 1. The minimum absolute atomic E-state index is 0.700. The molecule has 0 bridgehead atoms. The predicted octanol–water partition coefficient (Wildman–Crippen LogP) is 7.17. The van der Waals surface area contributed by atoms with Crippen LogP contribution in [-0.2, 0) is 12.8 Å². The average molecular weight is 351 g/mol. The molecule has 0 nitrogen and oxygen atoms in total. The van der Waals surface area contributed by atoms with Gasteiger partial charge in [-0.2, -0.15) is 0 Å². The molecule has 0 saturated heterocycles. The van der Waals surface area contributed by atoms with Gasteiger partial charge >= 0.3 is 0 Å². The van der Waals surface area contributed by atoms with Crippen LogP contribution in [0.4, 0.5) is 0 Å². The standard InChI is InChI=1S/C26H38/c1-7-13-15-21(9-3)17-25-19-24(12-6)26(20-23(25)11-5)18-22(10-4)16-14-8-2/h5-6,19-22H,7-10,13-18H2,1-4H3. The second-order valence-corrected chi connectivity index (χ2v) is 7.70. The van der Waals surface area contributed by atoms with Crippen molar-refractivity contribution in [1.29, 1.82) is 0 Å². The summed E-state index contributed by atoms with van der Waals surface area (Å²) in [5.41, 5.74) is 4.65. The molecule has 0 aliphatic heterocycles. The van der Waals surface area contributed by atoms with Crippen LogP contribution in [0, 0.1) is 36.5 Å². The zero-order chi connectivity index (χ0) is 19.4. The van der Waals surface area contributed by atoms with Crippen molar-refractivity contribution in [3.8, 4) is 24.7 Å². The van der Waals surface area contributed by atoms with Crippen LogP contribution >= 0.6 is 0 Å². The van der Waals surface area contributed by atoms with Crippen LogP contribution in [0.15, 0.2) is 12.1 Å². The highest BCUT2D eigenvalue weighted by atomic mass is 14.2. The van der Waals surface area contributed by atoms with Crippen LogP contribution in [0.5, 0.6) is 0 Å². The van der Waals surface area contributed by atoms with Crippen molar-refractivity contribution in [2.45, 2.75) is 91.9 Å². The first-order valence-corrected chi connectivity index (χ1v) is 10.7. The third kappa shape index (κ3) is 6.92. The SMILES string of the molecule is C#Cc1cc(CC(CC)CCCC)c(C#C)cc1CC(CC)CCCC. The van der Waals surface area contributed by atoms with E-state index in [0.717, 1.165) is 24.0 Å². The smallest absolute Gasteiger partial charge is 0.0278 e. The van der Waals surface area contributed by atoms with Crippen LogP contribution in [-0.4, -0.2) is 0 Å². The predicted molar refractivity (Wildman–Crippen MR) is 116 cm³/mol. The highest BCUT2D eigenvalue weighted by molar-refractivity contribution is 5.51. The third-order valence-corrected chi connectivity index (χ3v) is 5.74. The van der Waals surface area contributed by atoms with Gasteiger partial charge in [0.15, 0.2) is 0 Å². The summed E-state index contributed by atoms with van der Waals surface area (Å²) in [6.07, 6.45) is 23.9. The van der Waals surface area contributed by atoms with Crippen molar-refractivity contribution in [1.82, 2.24) is 0 Å². The Kier molecular flexibility index (Phi) is 10.9. The van der Waals surface area contributed by atoms with Crippen molar-refractivity contribution >= 4 is 0 Å². The second kappa shape index (κ2) is 12.7. The summed E-state index contributed by atoms with van der Waals surface area (Å²) in [7, 11) is 0. The van der Waals surface area contributed by atoms with Crippen molar-refractivity contribution < 1.29 is 0 Å². The first-order chi connectivity index (χ1) is 12.6. The van der Waals surface area contributed by atoms with E-state index in [-0.39, 0.29) is 0 Å². The minimum Gasteiger partial charge on any atom is -0.115 e. The first-order valence-electron chi connectivity index (χ1n) is 10.7. The molecule has 0 spiro atoms. The monoisotopic (exact) mass is 350 g/mol. The number of terminal acetylenes is 2. The third-order valence-electron chi connectivity index (χ3n) is 5.74. The molecule has 0 aromatic heterocycles. The summed E-state index contributed by atoms with van der Waals surface area (Å²) >= 11 is 0. The van der Waals surface area contributed by atoms with Crippen LogP contribution in [0.3, 0.4) is 0 Å². The molecule has 0 aliphatic carbocycles. The van der Waals surface area contributed by atoms with E-state index in [4.69, 9.17) is 12.8 Å². The van der Waals surface area contributed by atoms with E-state index in [0.29, 0.717) is 11.8 Å². The van der Waals surface area contributed by atoms with E-state index in [1.165, 1.54) is 62.5 Å². The van der Waals surface area contributed by atoms with Gasteiger partial charge in [-0.1, -0.05) is 90.9 Å². The van der Waals surface area contributed by atoms with Crippen LogP contribution < -0.4 is 0 Å². The molecule has 1 aromatic carbocycles. The number of rotatable bonds is 12. The van der Waals surface area contributed by atoms with Crippen LogP contribution in [0.1, 0.15) is 101 Å². The second-order valence-electron chi connectivity index (χ2n) is 7.70. The van der Waals surface area contributed by atoms with Gasteiger partial charge in [-0.25, -0.2) is 0 Å². The minimum atomic E-state index is 0.700. The van der Waals surface area contributed by atoms with Gasteiger partial charge in [0.25, 0.3) is 0 Å². The molecule has 0 fully saturated rings. The fourth-order valence-electron chi connectivity index (χ4n) is 3.80. The Morgan fingerprint density at radius 3 is 1.38 bits per heavy atom. The topological polar surface area (TPSA) is 0 Å². The maximum absolute atomic E-state index is 5.87. The Morgan fingerprint density at radius 1 is 0.731 bits per heavy atom. The molecule has 0 aliphatic rings. The Bertz CT molecular complexity index is 552. The highest BCUT2D eigenvalue weighted by Crippen LogP contribution is 2.26. The molecule has 1 aromatic rings. The lowest BCUT2D eigenvalue weighted by molar-refractivity contribution is 0.446. The quantitative estimate of drug-likeness (QED) is 0.351. The van der Waals surface area contributed by atoms with Gasteiger partial charge < -0.3 is 0 Å². The van der Waals surface area contributed by atoms with E-state index in [1.807, 2.05) is 0 Å². The highest BCUT2D eigenvalue weighted by Gasteiger charge is 2.15. The molecular weight excluding hydrogens is 312 g/mol. The van der Waals surface area contributed by atoms with Crippen molar-refractivity contribution in [3.05, 3.63) is 34.4 Å². The summed E-state index contributed by atoms with van der Waals surface area (Å²) in [5, 5.41) is 0. The van der Waals surface area contributed by atoms with Crippen LogP contribution in [0.2, 0.25) is 0 Å². The Morgan fingerprint density at radius 2 is 1.12 bits per heavy atom. The zero-order valence-electron chi connectivity index (χ0n) is 17.5.